The van der Waals surface area contributed by atoms with Crippen LogP contribution in [0.3, 0.4) is 0 Å². The van der Waals surface area contributed by atoms with Crippen LogP contribution in [0.1, 0.15) is 46.6 Å². The summed E-state index contributed by atoms with van der Waals surface area (Å²) in [5.74, 6) is -0.755. The fourth-order valence-electron chi connectivity index (χ4n) is 3.79. The molecule has 0 fully saturated rings. The van der Waals surface area contributed by atoms with Gasteiger partial charge < -0.3 is 14.8 Å². The van der Waals surface area contributed by atoms with Crippen molar-refractivity contribution in [2.45, 2.75) is 26.2 Å². The lowest BCUT2D eigenvalue weighted by molar-refractivity contribution is -0.139. The maximum atomic E-state index is 13.4. The number of ether oxygens (including phenoxy) is 1. The topological polar surface area (TPSA) is 79.4 Å². The quantitative estimate of drug-likeness (QED) is 0.641. The Morgan fingerprint density at radius 2 is 2.00 bits per heavy atom. The number of nitrogens with one attached hydrogen (secondary N) is 1. The van der Waals surface area contributed by atoms with Crippen molar-refractivity contribution in [3.8, 4) is 5.75 Å². The van der Waals surface area contributed by atoms with Gasteiger partial charge in [0.15, 0.2) is 12.4 Å². The van der Waals surface area contributed by atoms with Crippen LogP contribution < -0.4 is 4.74 Å². The van der Waals surface area contributed by atoms with E-state index in [2.05, 4.69) is 34.8 Å². The lowest BCUT2D eigenvalue weighted by Gasteiger charge is -2.32. The number of hydrogen-bond acceptors (Lipinski definition) is 3. The first-order valence-corrected chi connectivity index (χ1v) is 9.35. The Balaban J connectivity index is 1.92. The third-order valence-corrected chi connectivity index (χ3v) is 6.06. The van der Waals surface area contributed by atoms with Gasteiger partial charge in [0.1, 0.15) is 5.75 Å². The number of benzene rings is 2. The zero-order valence-electron chi connectivity index (χ0n) is 15.1. The number of ketones is 1. The molecule has 2 aromatic carbocycles. The second kappa shape index (κ2) is 5.96. The van der Waals surface area contributed by atoms with E-state index in [0.29, 0.717) is 16.9 Å². The summed E-state index contributed by atoms with van der Waals surface area (Å²) in [5.41, 5.74) is 4.58. The predicted molar refractivity (Wildman–Crippen MR) is 106 cm³/mol. The van der Waals surface area contributed by atoms with E-state index >= 15 is 0 Å². The lowest BCUT2D eigenvalue weighted by Crippen LogP contribution is -2.30. The number of halogens is 1. The van der Waals surface area contributed by atoms with Gasteiger partial charge in [-0.05, 0) is 42.3 Å². The molecule has 1 aliphatic carbocycles. The highest BCUT2D eigenvalue weighted by Gasteiger charge is 2.39. The van der Waals surface area contributed by atoms with Crippen LogP contribution in [0.25, 0.3) is 10.9 Å². The van der Waals surface area contributed by atoms with Crippen molar-refractivity contribution < 1.29 is 19.4 Å². The zero-order valence-corrected chi connectivity index (χ0v) is 16.7. The first kappa shape index (κ1) is 17.8. The molecule has 0 unspecified atom stereocenters. The minimum Gasteiger partial charge on any atom is -0.482 e. The van der Waals surface area contributed by atoms with E-state index in [9.17, 15) is 9.59 Å². The zero-order chi connectivity index (χ0) is 19.5. The Kier molecular flexibility index (Phi) is 3.93. The molecule has 5 nitrogen and oxygen atoms in total. The van der Waals surface area contributed by atoms with Crippen molar-refractivity contribution in [3.05, 3.63) is 62.8 Å². The van der Waals surface area contributed by atoms with E-state index in [4.69, 9.17) is 9.84 Å². The van der Waals surface area contributed by atoms with Crippen molar-refractivity contribution in [2.24, 2.45) is 0 Å². The number of carboxylic acids is 1. The highest BCUT2D eigenvalue weighted by Crippen LogP contribution is 2.45. The van der Waals surface area contributed by atoms with Crippen molar-refractivity contribution in [2.75, 3.05) is 6.61 Å². The molecule has 2 N–H and O–H groups in total. The fraction of sp³-hybridized carbons (Fsp3) is 0.238. The van der Waals surface area contributed by atoms with Crippen LogP contribution in [0, 0.1) is 6.92 Å². The minimum absolute atomic E-state index is 0.0759. The summed E-state index contributed by atoms with van der Waals surface area (Å²) in [6, 6.07) is 9.22. The van der Waals surface area contributed by atoms with Gasteiger partial charge in [-0.3, -0.25) is 4.79 Å². The van der Waals surface area contributed by atoms with Crippen molar-refractivity contribution in [3.63, 3.8) is 0 Å². The van der Waals surface area contributed by atoms with Gasteiger partial charge in [-0.25, -0.2) is 4.79 Å². The molecule has 0 bridgehead atoms. The summed E-state index contributed by atoms with van der Waals surface area (Å²) >= 11 is 3.55. The Morgan fingerprint density at radius 1 is 1.26 bits per heavy atom. The molecule has 1 heterocycles. The molecule has 0 spiro atoms. The summed E-state index contributed by atoms with van der Waals surface area (Å²) in [5, 5.41) is 9.71. The van der Waals surface area contributed by atoms with Gasteiger partial charge in [0.25, 0.3) is 0 Å². The van der Waals surface area contributed by atoms with Gasteiger partial charge in [-0.2, -0.15) is 0 Å². The number of aromatic amines is 1. The Bertz CT molecular complexity index is 1130. The summed E-state index contributed by atoms with van der Waals surface area (Å²) in [6.45, 7) is 5.70. The number of fused-ring (bicyclic) bond motifs is 4. The van der Waals surface area contributed by atoms with Crippen LogP contribution in [0.5, 0.6) is 5.75 Å². The third kappa shape index (κ3) is 2.67. The minimum atomic E-state index is -1.06. The smallest absolute Gasteiger partial charge is 0.341 e. The van der Waals surface area contributed by atoms with E-state index in [1.54, 1.807) is 12.1 Å². The predicted octanol–water partition coefficient (Wildman–Crippen LogP) is 4.57. The molecule has 6 heteroatoms. The molecule has 0 saturated heterocycles. The highest BCUT2D eigenvalue weighted by atomic mass is 79.9. The SMILES string of the molecule is Cc1cc2c3c([nH]c2cc1Br)C(C)(C)c1ccc(OCC(=O)O)cc1C3=O. The number of aryl methyl sites for hydroxylation is 1. The van der Waals surface area contributed by atoms with E-state index in [1.807, 2.05) is 25.1 Å². The molecule has 0 amide bonds. The maximum absolute atomic E-state index is 13.4. The number of hydrogen-bond donors (Lipinski definition) is 2. The molecule has 4 rings (SSSR count). The molecule has 1 aliphatic rings. The first-order chi connectivity index (χ1) is 12.7. The van der Waals surface area contributed by atoms with Crippen LogP contribution in [-0.2, 0) is 10.2 Å². The highest BCUT2D eigenvalue weighted by molar-refractivity contribution is 9.10. The number of H-pyrrole nitrogens is 1. The summed E-state index contributed by atoms with van der Waals surface area (Å²) in [4.78, 5) is 27.6. The molecule has 0 aliphatic heterocycles. The van der Waals surface area contributed by atoms with E-state index in [-0.39, 0.29) is 5.78 Å². The molecule has 0 saturated carbocycles. The molecule has 0 atom stereocenters. The fourth-order valence-corrected chi connectivity index (χ4v) is 4.13. The van der Waals surface area contributed by atoms with Gasteiger partial charge in [-0.1, -0.05) is 35.8 Å². The number of rotatable bonds is 3. The van der Waals surface area contributed by atoms with Gasteiger partial charge in [0.05, 0.1) is 5.56 Å². The van der Waals surface area contributed by atoms with Crippen LogP contribution >= 0.6 is 15.9 Å². The normalized spacial score (nSPS) is 14.7. The van der Waals surface area contributed by atoms with Crippen LogP contribution in [0.4, 0.5) is 0 Å². The summed E-state index contributed by atoms with van der Waals surface area (Å²) < 4.78 is 6.26. The second-order valence-corrected chi connectivity index (χ2v) is 8.22. The largest absolute Gasteiger partial charge is 0.482 e. The van der Waals surface area contributed by atoms with E-state index < -0.39 is 18.0 Å². The molecular formula is C21H18BrNO4. The first-order valence-electron chi connectivity index (χ1n) is 8.56. The van der Waals surface area contributed by atoms with Crippen LogP contribution in [0.15, 0.2) is 34.8 Å². The van der Waals surface area contributed by atoms with Crippen molar-refractivity contribution >= 4 is 38.6 Å². The lowest BCUT2D eigenvalue weighted by atomic mass is 9.71. The van der Waals surface area contributed by atoms with E-state index in [0.717, 1.165) is 32.2 Å². The monoisotopic (exact) mass is 427 g/mol. The average Bonchev–Trinajstić information content (AvgIpc) is 2.98. The number of aliphatic carboxylic acids is 1. The van der Waals surface area contributed by atoms with Gasteiger partial charge >= 0.3 is 5.97 Å². The molecule has 3 aromatic rings. The van der Waals surface area contributed by atoms with Crippen LogP contribution in [-0.4, -0.2) is 28.4 Å². The van der Waals surface area contributed by atoms with Gasteiger partial charge in [-0.15, -0.1) is 0 Å². The number of aromatic nitrogens is 1. The molecular weight excluding hydrogens is 410 g/mol. The number of carboxylic acid groups (broad SMARTS) is 1. The van der Waals surface area contributed by atoms with Crippen LogP contribution in [0.2, 0.25) is 0 Å². The van der Waals surface area contributed by atoms with Crippen molar-refractivity contribution in [1.82, 2.24) is 4.98 Å². The standard InChI is InChI=1S/C21H18BrNO4/c1-10-6-13-16(8-15(10)22)23-20-18(13)19(26)12-7-11(27-9-17(24)25)4-5-14(12)21(20,2)3/h4-8,23H,9H2,1-3H3,(H,24,25). The number of carbonyl (C=O) groups is 2. The molecule has 0 radical (unpaired) electrons. The average molecular weight is 428 g/mol. The number of carbonyl (C=O) groups excluding carboxylic acids is 1. The van der Waals surface area contributed by atoms with Crippen molar-refractivity contribution in [1.29, 1.82) is 0 Å². The van der Waals surface area contributed by atoms with Gasteiger partial charge in [0.2, 0.25) is 0 Å². The Labute approximate surface area is 164 Å². The molecule has 27 heavy (non-hydrogen) atoms. The maximum Gasteiger partial charge on any atom is 0.341 e. The van der Waals surface area contributed by atoms with Gasteiger partial charge in [0, 0.05) is 32.0 Å². The molecule has 138 valence electrons. The molecule has 1 aromatic heterocycles. The van der Waals surface area contributed by atoms with E-state index in [1.165, 1.54) is 0 Å². The third-order valence-electron chi connectivity index (χ3n) is 5.20. The summed E-state index contributed by atoms with van der Waals surface area (Å²) in [7, 11) is 0. The second-order valence-electron chi connectivity index (χ2n) is 7.37. The Morgan fingerprint density at radius 3 is 2.70 bits per heavy atom. The summed E-state index contributed by atoms with van der Waals surface area (Å²) in [6.07, 6.45) is 0. The Hall–Kier alpha value is -2.60.